The third-order valence-electron chi connectivity index (χ3n) is 5.45. The molecule has 8 nitrogen and oxygen atoms in total. The number of rotatable bonds is 4. The Hall–Kier alpha value is -2.78. The summed E-state index contributed by atoms with van der Waals surface area (Å²) < 4.78 is 2.38. The highest BCUT2D eigenvalue weighted by Gasteiger charge is 2.34. The van der Waals surface area contributed by atoms with Gasteiger partial charge in [-0.2, -0.15) is 10.1 Å². The summed E-state index contributed by atoms with van der Waals surface area (Å²) in [6.07, 6.45) is 1.65. The minimum absolute atomic E-state index is 0.0601. The van der Waals surface area contributed by atoms with Crippen LogP contribution in [0.25, 0.3) is 10.3 Å². The van der Waals surface area contributed by atoms with Crippen molar-refractivity contribution in [2.45, 2.75) is 52.1 Å². The molecule has 2 N–H and O–H groups in total. The maximum absolute atomic E-state index is 13.3. The highest BCUT2D eigenvalue weighted by atomic mass is 32.1. The fourth-order valence-electron chi connectivity index (χ4n) is 3.77. The Balaban J connectivity index is 1.71. The van der Waals surface area contributed by atoms with Gasteiger partial charge in [0.2, 0.25) is 0 Å². The minimum atomic E-state index is -0.398. The van der Waals surface area contributed by atoms with Crippen LogP contribution in [0.4, 0.5) is 5.13 Å². The molecule has 2 aromatic heterocycles. The zero-order valence-electron chi connectivity index (χ0n) is 18.2. The molecule has 1 aliphatic heterocycles. The lowest BCUT2D eigenvalue weighted by atomic mass is 10.1. The Kier molecular flexibility index (Phi) is 5.57. The second-order valence-corrected chi connectivity index (χ2v) is 9.90. The summed E-state index contributed by atoms with van der Waals surface area (Å²) in [6, 6.07) is 7.12. The molecule has 0 saturated carbocycles. The van der Waals surface area contributed by atoms with Gasteiger partial charge < -0.3 is 10.0 Å². The molecule has 3 aromatic rings. The van der Waals surface area contributed by atoms with Crippen molar-refractivity contribution in [2.24, 2.45) is 0 Å². The second kappa shape index (κ2) is 8.05. The molecular weight excluding hydrogens is 414 g/mol. The third-order valence-corrected chi connectivity index (χ3v) is 6.41. The smallest absolute Gasteiger partial charge is 0.276 e. The van der Waals surface area contributed by atoms with Crippen LogP contribution >= 0.6 is 11.3 Å². The summed E-state index contributed by atoms with van der Waals surface area (Å²) >= 11 is 1.25. The van der Waals surface area contributed by atoms with Crippen LogP contribution in [0.1, 0.15) is 60.0 Å². The summed E-state index contributed by atoms with van der Waals surface area (Å²) in [7, 11) is 0. The molecule has 1 fully saturated rings. The quantitative estimate of drug-likeness (QED) is 0.646. The third kappa shape index (κ3) is 4.07. The second-order valence-electron chi connectivity index (χ2n) is 8.90. The standard InChI is InChI=1S/C22H27N5O3S/c1-13-7-9-14(10-8-13)19(29)24-21-23-18-17(31-21)16(25-27(18)22(2,3)4)20(30)26-11-5-6-15(26)12-28/h7-10,15,28H,5-6,11-12H2,1-4H3,(H,23,24,29)/t15-/m1/s1. The molecule has 1 atom stereocenters. The molecule has 3 heterocycles. The molecular formula is C22H27N5O3S. The van der Waals surface area contributed by atoms with Gasteiger partial charge in [-0.15, -0.1) is 0 Å². The van der Waals surface area contributed by atoms with E-state index in [1.54, 1.807) is 21.7 Å². The van der Waals surface area contributed by atoms with E-state index in [9.17, 15) is 14.7 Å². The maximum Gasteiger partial charge on any atom is 0.276 e. The number of hydrogen-bond donors (Lipinski definition) is 2. The molecule has 1 aromatic carbocycles. The minimum Gasteiger partial charge on any atom is -0.394 e. The molecule has 4 rings (SSSR count). The number of aliphatic hydroxyl groups excluding tert-OH is 1. The Morgan fingerprint density at radius 1 is 1.26 bits per heavy atom. The van der Waals surface area contributed by atoms with E-state index in [1.807, 2.05) is 39.8 Å². The first-order valence-electron chi connectivity index (χ1n) is 10.4. The van der Waals surface area contributed by atoms with Crippen LogP contribution in [-0.4, -0.2) is 55.8 Å². The van der Waals surface area contributed by atoms with Crippen molar-refractivity contribution >= 4 is 38.6 Å². The summed E-state index contributed by atoms with van der Waals surface area (Å²) in [4.78, 5) is 32.2. The van der Waals surface area contributed by atoms with Crippen LogP contribution in [0.3, 0.4) is 0 Å². The molecule has 0 aliphatic carbocycles. The monoisotopic (exact) mass is 441 g/mol. The highest BCUT2D eigenvalue weighted by Crippen LogP contribution is 2.34. The van der Waals surface area contributed by atoms with Gasteiger partial charge in [0.15, 0.2) is 16.5 Å². The largest absolute Gasteiger partial charge is 0.394 e. The van der Waals surface area contributed by atoms with E-state index in [2.05, 4.69) is 15.4 Å². The molecule has 9 heteroatoms. The molecule has 31 heavy (non-hydrogen) atoms. The Labute approximate surface area is 184 Å². The van der Waals surface area contributed by atoms with Crippen molar-refractivity contribution in [3.8, 4) is 0 Å². The number of amides is 2. The summed E-state index contributed by atoms with van der Waals surface area (Å²) in [5.74, 6) is -0.455. The zero-order valence-corrected chi connectivity index (χ0v) is 19.0. The number of benzene rings is 1. The first-order valence-corrected chi connectivity index (χ1v) is 11.2. The van der Waals surface area contributed by atoms with E-state index in [4.69, 9.17) is 0 Å². The van der Waals surface area contributed by atoms with Gasteiger partial charge in [-0.25, -0.2) is 4.68 Å². The molecule has 0 bridgehead atoms. The van der Waals surface area contributed by atoms with Crippen molar-refractivity contribution < 1.29 is 14.7 Å². The first-order chi connectivity index (χ1) is 14.7. The van der Waals surface area contributed by atoms with E-state index in [0.29, 0.717) is 33.3 Å². The molecule has 0 spiro atoms. The van der Waals surface area contributed by atoms with Crippen molar-refractivity contribution in [1.29, 1.82) is 0 Å². The highest BCUT2D eigenvalue weighted by molar-refractivity contribution is 7.22. The van der Waals surface area contributed by atoms with Gasteiger partial charge in [0.1, 0.15) is 4.70 Å². The predicted octanol–water partition coefficient (Wildman–Crippen LogP) is 3.41. The number of carbonyl (C=O) groups excluding carboxylic acids is 2. The average Bonchev–Trinajstić information content (AvgIpc) is 3.41. The molecule has 1 aliphatic rings. The number of anilines is 1. The van der Waals surface area contributed by atoms with Gasteiger partial charge in [-0.3, -0.25) is 14.9 Å². The van der Waals surface area contributed by atoms with Crippen molar-refractivity contribution in [1.82, 2.24) is 19.7 Å². The number of carbonyl (C=O) groups is 2. The lowest BCUT2D eigenvalue weighted by Gasteiger charge is -2.22. The van der Waals surface area contributed by atoms with Gasteiger partial charge in [-0.05, 0) is 52.7 Å². The van der Waals surface area contributed by atoms with Gasteiger partial charge in [0, 0.05) is 12.1 Å². The summed E-state index contributed by atoms with van der Waals surface area (Å²) in [5.41, 5.74) is 2.11. The van der Waals surface area contributed by atoms with E-state index >= 15 is 0 Å². The molecule has 0 radical (unpaired) electrons. The Morgan fingerprint density at radius 2 is 1.97 bits per heavy atom. The van der Waals surface area contributed by atoms with Crippen LogP contribution in [0.5, 0.6) is 0 Å². The maximum atomic E-state index is 13.3. The van der Waals surface area contributed by atoms with Crippen LogP contribution in [0, 0.1) is 6.92 Å². The van der Waals surface area contributed by atoms with E-state index in [0.717, 1.165) is 18.4 Å². The molecule has 164 valence electrons. The summed E-state index contributed by atoms with van der Waals surface area (Å²) in [6.45, 7) is 8.48. The number of nitrogens with zero attached hydrogens (tertiary/aromatic N) is 4. The Morgan fingerprint density at radius 3 is 2.61 bits per heavy atom. The zero-order chi connectivity index (χ0) is 22.3. The van der Waals surface area contributed by atoms with E-state index < -0.39 is 5.54 Å². The number of aromatic nitrogens is 3. The number of fused-ring (bicyclic) bond motifs is 1. The van der Waals surface area contributed by atoms with Gasteiger partial charge in [0.25, 0.3) is 11.8 Å². The van der Waals surface area contributed by atoms with E-state index in [1.165, 1.54) is 11.3 Å². The van der Waals surface area contributed by atoms with E-state index in [-0.39, 0.29) is 24.5 Å². The van der Waals surface area contributed by atoms with Crippen molar-refractivity contribution in [2.75, 3.05) is 18.5 Å². The lowest BCUT2D eigenvalue weighted by Crippen LogP contribution is -2.38. The van der Waals surface area contributed by atoms with Gasteiger partial charge in [0.05, 0.1) is 18.2 Å². The van der Waals surface area contributed by atoms with Crippen molar-refractivity contribution in [3.05, 3.63) is 41.1 Å². The lowest BCUT2D eigenvalue weighted by molar-refractivity contribution is 0.0672. The normalized spacial score (nSPS) is 16.8. The van der Waals surface area contributed by atoms with Crippen LogP contribution in [0.2, 0.25) is 0 Å². The fraction of sp³-hybridized carbons (Fsp3) is 0.455. The number of hydrogen-bond acceptors (Lipinski definition) is 6. The predicted molar refractivity (Wildman–Crippen MR) is 121 cm³/mol. The molecule has 1 saturated heterocycles. The number of aliphatic hydroxyl groups is 1. The number of nitrogens with one attached hydrogen (secondary N) is 1. The molecule has 2 amide bonds. The Bertz CT molecular complexity index is 1130. The summed E-state index contributed by atoms with van der Waals surface area (Å²) in [5, 5.41) is 17.5. The topological polar surface area (TPSA) is 100 Å². The molecule has 0 unspecified atom stereocenters. The number of thiazole rings is 1. The van der Waals surface area contributed by atoms with Gasteiger partial charge in [-0.1, -0.05) is 29.0 Å². The van der Waals surface area contributed by atoms with Crippen LogP contribution in [0.15, 0.2) is 24.3 Å². The van der Waals surface area contributed by atoms with Crippen LogP contribution in [-0.2, 0) is 5.54 Å². The number of likely N-dealkylation sites (tertiary alicyclic amines) is 1. The number of aryl methyl sites for hydroxylation is 1. The fourth-order valence-corrected chi connectivity index (χ4v) is 4.68. The van der Waals surface area contributed by atoms with Crippen molar-refractivity contribution in [3.63, 3.8) is 0 Å². The van der Waals surface area contributed by atoms with Crippen LogP contribution < -0.4 is 5.32 Å². The van der Waals surface area contributed by atoms with Gasteiger partial charge >= 0.3 is 0 Å². The SMILES string of the molecule is Cc1ccc(C(=O)Nc2nc3c(s2)c(C(=O)N2CCC[C@@H]2CO)nn3C(C)(C)C)cc1. The first kappa shape index (κ1) is 21.5. The average molecular weight is 442 g/mol.